The summed E-state index contributed by atoms with van der Waals surface area (Å²) in [4.78, 5) is 15.2. The molecule has 9 heteroatoms. The molecule has 1 aromatic rings. The molecular weight excluding hydrogens is 405 g/mol. The Labute approximate surface area is 175 Å². The molecule has 2 saturated heterocycles. The molecule has 1 aliphatic carbocycles. The summed E-state index contributed by atoms with van der Waals surface area (Å²) in [6, 6.07) is 5.42. The van der Waals surface area contributed by atoms with Gasteiger partial charge in [-0.2, -0.15) is 13.2 Å². The average molecular weight is 433 g/mol. The third-order valence-corrected chi connectivity index (χ3v) is 6.36. The van der Waals surface area contributed by atoms with E-state index in [-0.39, 0.29) is 48.4 Å². The highest BCUT2D eigenvalue weighted by Crippen LogP contribution is 2.34. The fourth-order valence-electron chi connectivity index (χ4n) is 4.86. The molecule has 2 aliphatic heterocycles. The summed E-state index contributed by atoms with van der Waals surface area (Å²) in [5, 5.41) is 3.33. The van der Waals surface area contributed by atoms with Crippen molar-refractivity contribution < 1.29 is 18.0 Å². The van der Waals surface area contributed by atoms with Crippen molar-refractivity contribution in [1.29, 1.82) is 0 Å². The minimum absolute atomic E-state index is 0. The Morgan fingerprint density at radius 3 is 2.55 bits per heavy atom. The van der Waals surface area contributed by atoms with E-state index in [4.69, 9.17) is 0 Å². The zero-order chi connectivity index (χ0) is 19.7. The van der Waals surface area contributed by atoms with Gasteiger partial charge in [-0.15, -0.1) is 12.4 Å². The standard InChI is InChI=1S/C20H27F3N4O.ClH/c21-20(22,23)16-8-4-1-5-13(16)12-27(14-6-2-3-7-14)19(28)18-15-11-24-10-9-17(15)25-26-18;/h1,4-5,8,14-15,17-18,24-26H,2-3,6-7,9-12H2;1H. The first-order chi connectivity index (χ1) is 13.4. The van der Waals surface area contributed by atoms with Crippen molar-refractivity contribution in [1.82, 2.24) is 21.1 Å². The zero-order valence-electron chi connectivity index (χ0n) is 16.2. The maximum Gasteiger partial charge on any atom is 0.416 e. The summed E-state index contributed by atoms with van der Waals surface area (Å²) in [6.45, 7) is 1.64. The molecule has 3 aliphatic rings. The number of hydrogen-bond acceptors (Lipinski definition) is 4. The molecule has 0 aromatic heterocycles. The molecule has 0 spiro atoms. The lowest BCUT2D eigenvalue weighted by molar-refractivity contribution is -0.141. The van der Waals surface area contributed by atoms with Crippen molar-refractivity contribution in [3.05, 3.63) is 35.4 Å². The Hall–Kier alpha value is -1.35. The van der Waals surface area contributed by atoms with Gasteiger partial charge in [0, 0.05) is 31.1 Å². The summed E-state index contributed by atoms with van der Waals surface area (Å²) in [5.41, 5.74) is 5.86. The van der Waals surface area contributed by atoms with Crippen LogP contribution in [0, 0.1) is 5.92 Å². The molecule has 1 aromatic carbocycles. The van der Waals surface area contributed by atoms with Crippen LogP contribution in [0.4, 0.5) is 13.2 Å². The van der Waals surface area contributed by atoms with Gasteiger partial charge in [0.2, 0.25) is 5.91 Å². The predicted molar refractivity (Wildman–Crippen MR) is 106 cm³/mol. The zero-order valence-corrected chi connectivity index (χ0v) is 17.0. The molecule has 3 N–H and O–H groups in total. The van der Waals surface area contributed by atoms with Crippen molar-refractivity contribution >= 4 is 18.3 Å². The van der Waals surface area contributed by atoms with Gasteiger partial charge in [0.05, 0.1) is 5.56 Å². The minimum Gasteiger partial charge on any atom is -0.334 e. The summed E-state index contributed by atoms with van der Waals surface area (Å²) < 4.78 is 40.4. The van der Waals surface area contributed by atoms with E-state index in [1.807, 2.05) is 0 Å². The predicted octanol–water partition coefficient (Wildman–Crippen LogP) is 2.85. The van der Waals surface area contributed by atoms with Crippen LogP contribution in [0.15, 0.2) is 24.3 Å². The Morgan fingerprint density at radius 1 is 1.10 bits per heavy atom. The van der Waals surface area contributed by atoms with Crippen LogP contribution < -0.4 is 16.2 Å². The van der Waals surface area contributed by atoms with Crippen molar-refractivity contribution in [2.45, 2.75) is 63.0 Å². The van der Waals surface area contributed by atoms with Crippen LogP contribution in [-0.2, 0) is 17.5 Å². The van der Waals surface area contributed by atoms with E-state index in [2.05, 4.69) is 16.2 Å². The summed E-state index contributed by atoms with van der Waals surface area (Å²) in [5.74, 6) is 0.0237. The molecule has 3 atom stereocenters. The Morgan fingerprint density at radius 2 is 1.83 bits per heavy atom. The molecule has 3 fully saturated rings. The average Bonchev–Trinajstić information content (AvgIpc) is 3.35. The molecule has 5 nitrogen and oxygen atoms in total. The summed E-state index contributed by atoms with van der Waals surface area (Å²) >= 11 is 0. The smallest absolute Gasteiger partial charge is 0.334 e. The highest BCUT2D eigenvalue weighted by Gasteiger charge is 2.44. The van der Waals surface area contributed by atoms with Gasteiger partial charge in [0.1, 0.15) is 6.04 Å². The Kier molecular flexibility index (Phi) is 7.09. The fraction of sp³-hybridized carbons (Fsp3) is 0.650. The number of amides is 1. The second-order valence-corrected chi connectivity index (χ2v) is 8.09. The third kappa shape index (κ3) is 4.71. The molecule has 29 heavy (non-hydrogen) atoms. The number of nitrogens with one attached hydrogen (secondary N) is 3. The topological polar surface area (TPSA) is 56.4 Å². The van der Waals surface area contributed by atoms with Crippen LogP contribution in [0.5, 0.6) is 0 Å². The quantitative estimate of drug-likeness (QED) is 0.685. The van der Waals surface area contributed by atoms with Crippen LogP contribution in [0.25, 0.3) is 0 Å². The van der Waals surface area contributed by atoms with E-state index in [1.165, 1.54) is 12.1 Å². The van der Waals surface area contributed by atoms with Gasteiger partial charge >= 0.3 is 6.18 Å². The summed E-state index contributed by atoms with van der Waals surface area (Å²) in [6.07, 6.45) is 0.242. The maximum absolute atomic E-state index is 13.5. The molecule has 3 unspecified atom stereocenters. The second-order valence-electron chi connectivity index (χ2n) is 8.09. The van der Waals surface area contributed by atoms with Crippen molar-refractivity contribution in [3.8, 4) is 0 Å². The van der Waals surface area contributed by atoms with E-state index in [0.29, 0.717) is 0 Å². The van der Waals surface area contributed by atoms with E-state index < -0.39 is 17.8 Å². The first-order valence-corrected chi connectivity index (χ1v) is 10.1. The number of hydrogen-bond donors (Lipinski definition) is 3. The number of nitrogens with zero attached hydrogens (tertiary/aromatic N) is 1. The summed E-state index contributed by atoms with van der Waals surface area (Å²) in [7, 11) is 0. The highest BCUT2D eigenvalue weighted by molar-refractivity contribution is 5.85. The number of carbonyl (C=O) groups excluding carboxylic acids is 1. The molecule has 4 rings (SSSR count). The molecule has 1 saturated carbocycles. The van der Waals surface area contributed by atoms with Gasteiger partial charge in [-0.3, -0.25) is 10.2 Å². The van der Waals surface area contributed by atoms with E-state index in [1.54, 1.807) is 11.0 Å². The van der Waals surface area contributed by atoms with Gasteiger partial charge in [0.15, 0.2) is 0 Å². The molecule has 2 heterocycles. The van der Waals surface area contributed by atoms with Crippen LogP contribution >= 0.6 is 12.4 Å². The van der Waals surface area contributed by atoms with Crippen molar-refractivity contribution in [2.75, 3.05) is 13.1 Å². The fourth-order valence-corrected chi connectivity index (χ4v) is 4.86. The van der Waals surface area contributed by atoms with Crippen LogP contribution in [0.2, 0.25) is 0 Å². The van der Waals surface area contributed by atoms with Gasteiger partial charge in [-0.1, -0.05) is 31.0 Å². The van der Waals surface area contributed by atoms with E-state index in [9.17, 15) is 18.0 Å². The van der Waals surface area contributed by atoms with Gasteiger partial charge in [0.25, 0.3) is 0 Å². The van der Waals surface area contributed by atoms with Gasteiger partial charge < -0.3 is 10.2 Å². The molecule has 0 bridgehead atoms. The molecule has 0 radical (unpaired) electrons. The number of alkyl halides is 3. The van der Waals surface area contributed by atoms with E-state index >= 15 is 0 Å². The highest BCUT2D eigenvalue weighted by atomic mass is 35.5. The number of rotatable bonds is 4. The largest absolute Gasteiger partial charge is 0.416 e. The monoisotopic (exact) mass is 432 g/mol. The van der Waals surface area contributed by atoms with Crippen molar-refractivity contribution in [3.63, 3.8) is 0 Å². The molecule has 162 valence electrons. The second kappa shape index (κ2) is 9.20. The lowest BCUT2D eigenvalue weighted by Gasteiger charge is -2.35. The van der Waals surface area contributed by atoms with Crippen molar-refractivity contribution in [2.24, 2.45) is 5.92 Å². The molecular formula is C20H28ClF3N4O. The van der Waals surface area contributed by atoms with E-state index in [0.717, 1.165) is 51.3 Å². The first kappa shape index (κ1) is 22.3. The van der Waals surface area contributed by atoms with Crippen LogP contribution in [0.3, 0.4) is 0 Å². The number of carbonyl (C=O) groups is 1. The SMILES string of the molecule is Cl.O=C(C1NNC2CCNCC21)N(Cc1ccccc1C(F)(F)F)C1CCCC1. The Bertz CT molecular complexity index is 711. The van der Waals surface area contributed by atoms with Gasteiger partial charge in [-0.25, -0.2) is 5.43 Å². The van der Waals surface area contributed by atoms with Gasteiger partial charge in [-0.05, 0) is 37.4 Å². The first-order valence-electron chi connectivity index (χ1n) is 10.1. The maximum atomic E-state index is 13.5. The third-order valence-electron chi connectivity index (χ3n) is 6.36. The Balaban J connectivity index is 0.00000240. The number of piperidine rings is 1. The molecule has 1 amide bonds. The van der Waals surface area contributed by atoms with Crippen LogP contribution in [0.1, 0.15) is 43.2 Å². The van der Waals surface area contributed by atoms with Crippen LogP contribution in [-0.4, -0.2) is 42.0 Å². The lowest BCUT2D eigenvalue weighted by atomic mass is 9.88. The number of hydrazine groups is 1. The number of halogens is 4. The minimum atomic E-state index is -4.42. The lowest BCUT2D eigenvalue weighted by Crippen LogP contribution is -2.52. The normalized spacial score (nSPS) is 27.3. The number of fused-ring (bicyclic) bond motifs is 1. The number of benzene rings is 1.